The fraction of sp³-hybridized carbons (Fsp3) is 0.818. The molecule has 96 valence electrons. The zero-order chi connectivity index (χ0) is 12.1. The highest BCUT2D eigenvalue weighted by molar-refractivity contribution is 4.95. The third kappa shape index (κ3) is 3.24. The van der Waals surface area contributed by atoms with Crippen molar-refractivity contribution >= 4 is 0 Å². The third-order valence-corrected chi connectivity index (χ3v) is 3.34. The van der Waals surface area contributed by atoms with Gasteiger partial charge in [0.25, 0.3) is 0 Å². The van der Waals surface area contributed by atoms with Crippen molar-refractivity contribution in [1.29, 1.82) is 0 Å². The summed E-state index contributed by atoms with van der Waals surface area (Å²) in [7, 11) is 3.35. The first-order valence-electron chi connectivity index (χ1n) is 5.96. The highest BCUT2D eigenvalue weighted by Crippen LogP contribution is 2.24. The lowest BCUT2D eigenvalue weighted by Crippen LogP contribution is -2.39. The van der Waals surface area contributed by atoms with Gasteiger partial charge in [-0.1, -0.05) is 0 Å². The Bertz CT molecular complexity index is 305. The fourth-order valence-corrected chi connectivity index (χ4v) is 2.26. The Morgan fingerprint density at radius 3 is 2.65 bits per heavy atom. The van der Waals surface area contributed by atoms with Crippen molar-refractivity contribution < 1.29 is 9.47 Å². The van der Waals surface area contributed by atoms with Gasteiger partial charge in [-0.2, -0.15) is 5.10 Å². The lowest BCUT2D eigenvalue weighted by atomic mass is 9.96. The topological polar surface area (TPSA) is 63.3 Å². The summed E-state index contributed by atoms with van der Waals surface area (Å²) in [6, 6.07) is 0. The molecule has 0 amide bonds. The van der Waals surface area contributed by atoms with Gasteiger partial charge in [-0.05, 0) is 25.9 Å². The van der Waals surface area contributed by atoms with Crippen LogP contribution in [0, 0.1) is 0 Å². The molecule has 17 heavy (non-hydrogen) atoms. The van der Waals surface area contributed by atoms with Crippen LogP contribution < -0.4 is 0 Å². The second-order valence-electron chi connectivity index (χ2n) is 4.35. The second-order valence-corrected chi connectivity index (χ2v) is 4.35. The Hall–Kier alpha value is -0.980. The minimum Gasteiger partial charge on any atom is -0.355 e. The van der Waals surface area contributed by atoms with Crippen molar-refractivity contribution in [3.05, 3.63) is 12.2 Å². The van der Waals surface area contributed by atoms with E-state index in [0.29, 0.717) is 5.92 Å². The van der Waals surface area contributed by atoms with Crippen LogP contribution in [0.1, 0.15) is 24.6 Å². The SMILES string of the molecule is COC(CN1CCC(c2ncn[nH]2)CC1)OC. The van der Waals surface area contributed by atoms with E-state index in [0.717, 1.165) is 38.3 Å². The van der Waals surface area contributed by atoms with Crippen molar-refractivity contribution in [2.24, 2.45) is 0 Å². The van der Waals surface area contributed by atoms with E-state index in [2.05, 4.69) is 20.1 Å². The number of nitrogens with one attached hydrogen (secondary N) is 1. The van der Waals surface area contributed by atoms with Crippen molar-refractivity contribution in [2.75, 3.05) is 33.9 Å². The minimum absolute atomic E-state index is 0.128. The third-order valence-electron chi connectivity index (χ3n) is 3.34. The first kappa shape index (κ1) is 12.5. The van der Waals surface area contributed by atoms with Gasteiger partial charge in [-0.15, -0.1) is 0 Å². The number of nitrogens with zero attached hydrogens (tertiary/aromatic N) is 3. The Labute approximate surface area is 101 Å². The number of ether oxygens (including phenoxy) is 2. The fourth-order valence-electron chi connectivity index (χ4n) is 2.26. The van der Waals surface area contributed by atoms with Gasteiger partial charge >= 0.3 is 0 Å². The van der Waals surface area contributed by atoms with E-state index in [1.807, 2.05) is 0 Å². The molecule has 2 heterocycles. The van der Waals surface area contributed by atoms with Gasteiger partial charge in [-0.25, -0.2) is 4.98 Å². The molecule has 0 aliphatic carbocycles. The van der Waals surface area contributed by atoms with Crippen LogP contribution in [0.2, 0.25) is 0 Å². The van der Waals surface area contributed by atoms with Crippen LogP contribution >= 0.6 is 0 Å². The van der Waals surface area contributed by atoms with Crippen LogP contribution in [0.4, 0.5) is 0 Å². The molecule has 0 aromatic carbocycles. The molecule has 1 aromatic rings. The molecule has 0 unspecified atom stereocenters. The molecule has 1 fully saturated rings. The quantitative estimate of drug-likeness (QED) is 0.764. The summed E-state index contributed by atoms with van der Waals surface area (Å²) in [6.45, 7) is 2.93. The summed E-state index contributed by atoms with van der Waals surface area (Å²) in [5.74, 6) is 1.52. The van der Waals surface area contributed by atoms with Gasteiger partial charge in [0.05, 0.1) is 0 Å². The molecule has 2 rings (SSSR count). The maximum Gasteiger partial charge on any atom is 0.169 e. The monoisotopic (exact) mass is 240 g/mol. The van der Waals surface area contributed by atoms with Gasteiger partial charge in [0.1, 0.15) is 12.2 Å². The van der Waals surface area contributed by atoms with Crippen molar-refractivity contribution in [3.63, 3.8) is 0 Å². The molecule has 6 heteroatoms. The van der Waals surface area contributed by atoms with E-state index in [4.69, 9.17) is 9.47 Å². The molecule has 0 bridgehead atoms. The van der Waals surface area contributed by atoms with Gasteiger partial charge in [0.2, 0.25) is 0 Å². The molecule has 6 nitrogen and oxygen atoms in total. The highest BCUT2D eigenvalue weighted by atomic mass is 16.7. The molecule has 1 aromatic heterocycles. The molecule has 0 atom stereocenters. The Kier molecular flexibility index (Phi) is 4.47. The summed E-state index contributed by atoms with van der Waals surface area (Å²) in [5, 5.41) is 6.86. The van der Waals surface area contributed by atoms with Crippen LogP contribution in [0.3, 0.4) is 0 Å². The standard InChI is InChI=1S/C11H20N4O2/c1-16-10(17-2)7-15-5-3-9(4-6-15)11-12-8-13-14-11/h8-10H,3-7H2,1-2H3,(H,12,13,14). The van der Waals surface area contributed by atoms with Crippen LogP contribution in [0.25, 0.3) is 0 Å². The van der Waals surface area contributed by atoms with Crippen molar-refractivity contribution in [3.8, 4) is 0 Å². The van der Waals surface area contributed by atoms with Crippen molar-refractivity contribution in [1.82, 2.24) is 20.1 Å². The number of piperidine rings is 1. The van der Waals surface area contributed by atoms with E-state index in [1.54, 1.807) is 20.5 Å². The largest absolute Gasteiger partial charge is 0.355 e. The number of aromatic nitrogens is 3. The van der Waals surface area contributed by atoms with Crippen LogP contribution in [0.5, 0.6) is 0 Å². The van der Waals surface area contributed by atoms with Crippen LogP contribution in [0.15, 0.2) is 6.33 Å². The molecule has 0 spiro atoms. The Morgan fingerprint density at radius 1 is 1.41 bits per heavy atom. The molecule has 1 saturated heterocycles. The van der Waals surface area contributed by atoms with E-state index < -0.39 is 0 Å². The highest BCUT2D eigenvalue weighted by Gasteiger charge is 2.24. The van der Waals surface area contributed by atoms with Gasteiger partial charge < -0.3 is 9.47 Å². The first-order chi connectivity index (χ1) is 8.33. The summed E-state index contributed by atoms with van der Waals surface area (Å²) in [5.41, 5.74) is 0. The summed E-state index contributed by atoms with van der Waals surface area (Å²) >= 11 is 0. The molecular weight excluding hydrogens is 220 g/mol. The number of likely N-dealkylation sites (tertiary alicyclic amines) is 1. The molecule has 1 aliphatic rings. The van der Waals surface area contributed by atoms with E-state index in [1.165, 1.54) is 0 Å². The van der Waals surface area contributed by atoms with Crippen LogP contribution in [-0.4, -0.2) is 60.2 Å². The number of H-pyrrole nitrogens is 1. The van der Waals surface area contributed by atoms with Gasteiger partial charge in [-0.3, -0.25) is 10.00 Å². The summed E-state index contributed by atoms with van der Waals surface area (Å²) in [6.07, 6.45) is 3.66. The predicted molar refractivity (Wildman–Crippen MR) is 62.6 cm³/mol. The first-order valence-corrected chi connectivity index (χ1v) is 5.96. The zero-order valence-electron chi connectivity index (χ0n) is 10.4. The van der Waals surface area contributed by atoms with Gasteiger partial charge in [0.15, 0.2) is 6.29 Å². The minimum atomic E-state index is -0.128. The van der Waals surface area contributed by atoms with Gasteiger partial charge in [0, 0.05) is 26.7 Å². The van der Waals surface area contributed by atoms with E-state index in [-0.39, 0.29) is 6.29 Å². The smallest absolute Gasteiger partial charge is 0.169 e. The zero-order valence-corrected chi connectivity index (χ0v) is 10.4. The maximum atomic E-state index is 5.21. The normalized spacial score (nSPS) is 19.0. The number of methoxy groups -OCH3 is 2. The van der Waals surface area contributed by atoms with Crippen LogP contribution in [-0.2, 0) is 9.47 Å². The molecule has 0 radical (unpaired) electrons. The average molecular weight is 240 g/mol. The molecular formula is C11H20N4O2. The Balaban J connectivity index is 1.78. The molecule has 1 N–H and O–H groups in total. The van der Waals surface area contributed by atoms with Crippen molar-refractivity contribution in [2.45, 2.75) is 25.0 Å². The average Bonchev–Trinajstić information content (AvgIpc) is 2.90. The van der Waals surface area contributed by atoms with E-state index in [9.17, 15) is 0 Å². The Morgan fingerprint density at radius 2 is 2.12 bits per heavy atom. The summed E-state index contributed by atoms with van der Waals surface area (Å²) < 4.78 is 10.4. The predicted octanol–water partition coefficient (Wildman–Crippen LogP) is 0.603. The lowest BCUT2D eigenvalue weighted by Gasteiger charge is -2.32. The van der Waals surface area contributed by atoms with E-state index >= 15 is 0 Å². The number of hydrogen-bond donors (Lipinski definition) is 1. The number of aromatic amines is 1. The molecule has 1 aliphatic heterocycles. The molecule has 0 saturated carbocycles. The summed E-state index contributed by atoms with van der Waals surface area (Å²) in [4.78, 5) is 6.59. The number of hydrogen-bond acceptors (Lipinski definition) is 5. The number of rotatable bonds is 5. The lowest BCUT2D eigenvalue weighted by molar-refractivity contribution is -0.118. The second kappa shape index (κ2) is 6.09. The maximum absolute atomic E-state index is 5.21.